The predicted octanol–water partition coefficient (Wildman–Crippen LogP) is 0.930. The molecule has 1 aromatic rings. The van der Waals surface area contributed by atoms with Crippen molar-refractivity contribution < 1.29 is 19.2 Å². The van der Waals surface area contributed by atoms with Crippen LogP contribution in [0.1, 0.15) is 37.7 Å². The van der Waals surface area contributed by atoms with Gasteiger partial charge in [-0.1, -0.05) is 49.6 Å². The van der Waals surface area contributed by atoms with Crippen molar-refractivity contribution in [1.29, 1.82) is 0 Å². The third-order valence-corrected chi connectivity index (χ3v) is 5.29. The second-order valence-corrected chi connectivity index (χ2v) is 7.12. The molecule has 1 aromatic carbocycles. The normalized spacial score (nSPS) is 20.8. The van der Waals surface area contributed by atoms with E-state index in [0.29, 0.717) is 13.3 Å². The van der Waals surface area contributed by atoms with Crippen molar-refractivity contribution in [2.24, 2.45) is 0 Å². The fourth-order valence-electron chi connectivity index (χ4n) is 3.89. The molecule has 3 rings (SSSR count). The minimum atomic E-state index is -0.644. The average molecular weight is 346 g/mol. The van der Waals surface area contributed by atoms with E-state index < -0.39 is 5.54 Å². The number of imide groups is 1. The summed E-state index contributed by atoms with van der Waals surface area (Å²) in [5.74, 6) is -0.0415. The zero-order valence-corrected chi connectivity index (χ0v) is 14.9. The van der Waals surface area contributed by atoms with Gasteiger partial charge in [0.15, 0.2) is 6.67 Å². The van der Waals surface area contributed by atoms with E-state index in [0.717, 1.165) is 50.1 Å². The van der Waals surface area contributed by atoms with Gasteiger partial charge in [0.1, 0.15) is 18.6 Å². The lowest BCUT2D eigenvalue weighted by Crippen LogP contribution is -3.13. The van der Waals surface area contributed by atoms with Gasteiger partial charge in [-0.05, 0) is 12.8 Å². The van der Waals surface area contributed by atoms with Gasteiger partial charge >= 0.3 is 6.03 Å². The van der Waals surface area contributed by atoms with Crippen LogP contribution in [0, 0.1) is 0 Å². The van der Waals surface area contributed by atoms with Gasteiger partial charge in [-0.15, -0.1) is 0 Å². The molecular weight excluding hydrogens is 318 g/mol. The summed E-state index contributed by atoms with van der Waals surface area (Å²) in [6, 6.07) is 9.91. The minimum absolute atomic E-state index is 0.0415. The number of ether oxygens (including phenoxy) is 1. The Kier molecular flexibility index (Phi) is 5.71. The molecule has 1 aliphatic carbocycles. The average Bonchev–Trinajstić information content (AvgIpc) is 2.85. The molecule has 25 heavy (non-hydrogen) atoms. The molecule has 6 heteroatoms. The van der Waals surface area contributed by atoms with E-state index in [9.17, 15) is 9.59 Å². The number of hydrogen-bond donors (Lipinski definition) is 2. The van der Waals surface area contributed by atoms with Crippen molar-refractivity contribution in [3.8, 4) is 0 Å². The maximum atomic E-state index is 13.0. The number of quaternary nitrogens is 1. The quantitative estimate of drug-likeness (QED) is 0.722. The molecule has 1 heterocycles. The van der Waals surface area contributed by atoms with Crippen LogP contribution in [-0.4, -0.2) is 49.3 Å². The summed E-state index contributed by atoms with van der Waals surface area (Å²) in [5.41, 5.74) is 0.544. The molecule has 3 amide bonds. The van der Waals surface area contributed by atoms with Crippen LogP contribution in [0.25, 0.3) is 0 Å². The van der Waals surface area contributed by atoms with Gasteiger partial charge in [-0.25, -0.2) is 9.69 Å². The standard InChI is InChI=1S/C19H27N3O3/c1-25-13-12-21(14-16-8-4-2-5-9-16)15-22-17(23)19(20-18(22)24)10-6-3-7-11-19/h2,4-5,8-9H,3,6-7,10-15H2,1H3,(H,20,24)/p+1. The number of benzene rings is 1. The number of methoxy groups -OCH3 is 1. The van der Waals surface area contributed by atoms with Crippen LogP contribution in [0.4, 0.5) is 4.79 Å². The lowest BCUT2D eigenvalue weighted by atomic mass is 9.82. The fraction of sp³-hybridized carbons (Fsp3) is 0.579. The first-order valence-electron chi connectivity index (χ1n) is 9.15. The van der Waals surface area contributed by atoms with E-state index >= 15 is 0 Å². The van der Waals surface area contributed by atoms with Crippen LogP contribution in [0.3, 0.4) is 0 Å². The maximum Gasteiger partial charge on any atom is 0.329 e. The highest BCUT2D eigenvalue weighted by Crippen LogP contribution is 2.33. The number of urea groups is 1. The first-order chi connectivity index (χ1) is 12.1. The van der Waals surface area contributed by atoms with Gasteiger partial charge in [-0.2, -0.15) is 0 Å². The number of carbonyl (C=O) groups is 2. The fourth-order valence-corrected chi connectivity index (χ4v) is 3.89. The van der Waals surface area contributed by atoms with Crippen molar-refractivity contribution in [2.45, 2.75) is 44.2 Å². The molecule has 1 spiro atoms. The van der Waals surface area contributed by atoms with Crippen LogP contribution in [-0.2, 0) is 16.1 Å². The molecule has 2 fully saturated rings. The Morgan fingerprint density at radius 2 is 1.88 bits per heavy atom. The lowest BCUT2D eigenvalue weighted by molar-refractivity contribution is -0.921. The molecule has 0 bridgehead atoms. The van der Waals surface area contributed by atoms with E-state index in [1.165, 1.54) is 10.5 Å². The molecule has 0 radical (unpaired) electrons. The molecule has 136 valence electrons. The van der Waals surface area contributed by atoms with Crippen molar-refractivity contribution in [1.82, 2.24) is 10.2 Å². The van der Waals surface area contributed by atoms with Gasteiger partial charge in [0, 0.05) is 12.7 Å². The van der Waals surface area contributed by atoms with Gasteiger partial charge in [0.05, 0.1) is 6.61 Å². The maximum absolute atomic E-state index is 13.0. The first kappa shape index (κ1) is 17.9. The summed E-state index contributed by atoms with van der Waals surface area (Å²) in [6.07, 6.45) is 4.68. The number of rotatable bonds is 7. The third-order valence-electron chi connectivity index (χ3n) is 5.29. The topological polar surface area (TPSA) is 63.1 Å². The lowest BCUT2D eigenvalue weighted by Gasteiger charge is -2.30. The highest BCUT2D eigenvalue weighted by molar-refractivity contribution is 6.06. The predicted molar refractivity (Wildman–Crippen MR) is 93.9 cm³/mol. The highest BCUT2D eigenvalue weighted by atomic mass is 16.5. The van der Waals surface area contributed by atoms with Crippen LogP contribution in [0.2, 0.25) is 0 Å². The number of nitrogens with one attached hydrogen (secondary N) is 2. The Morgan fingerprint density at radius 3 is 2.56 bits per heavy atom. The van der Waals surface area contributed by atoms with Crippen LogP contribution < -0.4 is 10.2 Å². The number of amides is 3. The molecule has 1 unspecified atom stereocenters. The summed E-state index contributed by atoms with van der Waals surface area (Å²) in [4.78, 5) is 28.0. The minimum Gasteiger partial charge on any atom is -0.379 e. The van der Waals surface area contributed by atoms with Crippen molar-refractivity contribution in [3.05, 3.63) is 35.9 Å². The highest BCUT2D eigenvalue weighted by Gasteiger charge is 2.52. The molecular formula is C19H28N3O3+. The summed E-state index contributed by atoms with van der Waals surface area (Å²) in [7, 11) is 1.67. The van der Waals surface area contributed by atoms with Gasteiger partial charge in [0.25, 0.3) is 5.91 Å². The second-order valence-electron chi connectivity index (χ2n) is 7.12. The van der Waals surface area contributed by atoms with E-state index in [-0.39, 0.29) is 11.9 Å². The smallest absolute Gasteiger partial charge is 0.329 e. The van der Waals surface area contributed by atoms with Gasteiger partial charge < -0.3 is 15.0 Å². The van der Waals surface area contributed by atoms with Crippen molar-refractivity contribution in [3.63, 3.8) is 0 Å². The first-order valence-corrected chi connectivity index (χ1v) is 9.15. The Bertz CT molecular complexity index is 599. The Balaban J connectivity index is 1.69. The Morgan fingerprint density at radius 1 is 1.16 bits per heavy atom. The number of carbonyl (C=O) groups excluding carboxylic acids is 2. The largest absolute Gasteiger partial charge is 0.379 e. The molecule has 1 aliphatic heterocycles. The molecule has 1 saturated heterocycles. The molecule has 2 aliphatic rings. The van der Waals surface area contributed by atoms with Crippen LogP contribution in [0.5, 0.6) is 0 Å². The number of nitrogens with zero attached hydrogens (tertiary/aromatic N) is 1. The molecule has 2 N–H and O–H groups in total. The molecule has 1 atom stereocenters. The van der Waals surface area contributed by atoms with Crippen LogP contribution in [0.15, 0.2) is 30.3 Å². The summed E-state index contributed by atoms with van der Waals surface area (Å²) < 4.78 is 5.21. The van der Waals surface area contributed by atoms with E-state index in [1.54, 1.807) is 7.11 Å². The summed E-state index contributed by atoms with van der Waals surface area (Å²) in [6.45, 7) is 2.48. The van der Waals surface area contributed by atoms with E-state index in [2.05, 4.69) is 17.4 Å². The molecule has 6 nitrogen and oxygen atoms in total. The number of hydrogen-bond acceptors (Lipinski definition) is 3. The Labute approximate surface area is 149 Å². The third kappa shape index (κ3) is 4.02. The molecule has 1 saturated carbocycles. The van der Waals surface area contributed by atoms with E-state index in [4.69, 9.17) is 4.74 Å². The second kappa shape index (κ2) is 7.97. The van der Waals surface area contributed by atoms with Crippen molar-refractivity contribution in [2.75, 3.05) is 26.9 Å². The zero-order chi connectivity index (χ0) is 17.7. The van der Waals surface area contributed by atoms with Crippen LogP contribution >= 0.6 is 0 Å². The Hall–Kier alpha value is -1.92. The zero-order valence-electron chi connectivity index (χ0n) is 14.9. The van der Waals surface area contributed by atoms with E-state index in [1.807, 2.05) is 18.2 Å². The summed E-state index contributed by atoms with van der Waals surface area (Å²) >= 11 is 0. The SMILES string of the molecule is COCC[NH+](Cc1ccccc1)CN1C(=O)NC2(CCCCC2)C1=O. The van der Waals surface area contributed by atoms with Crippen molar-refractivity contribution >= 4 is 11.9 Å². The van der Waals surface area contributed by atoms with Gasteiger partial charge in [-0.3, -0.25) is 4.79 Å². The molecule has 0 aromatic heterocycles. The summed E-state index contributed by atoms with van der Waals surface area (Å²) in [5, 5.41) is 2.99. The van der Waals surface area contributed by atoms with Gasteiger partial charge in [0.2, 0.25) is 0 Å². The monoisotopic (exact) mass is 346 g/mol.